The summed E-state index contributed by atoms with van der Waals surface area (Å²) < 4.78 is 1.06. The second kappa shape index (κ2) is 5.31. The van der Waals surface area contributed by atoms with Gasteiger partial charge < -0.3 is 0 Å². The fourth-order valence-corrected chi connectivity index (χ4v) is 2.14. The highest BCUT2D eigenvalue weighted by Gasteiger charge is 2.06. The average molecular weight is 267 g/mol. The first kappa shape index (κ1) is 10.7. The van der Waals surface area contributed by atoms with Crippen molar-refractivity contribution in [3.63, 3.8) is 0 Å². The van der Waals surface area contributed by atoms with E-state index in [2.05, 4.69) is 26.5 Å². The van der Waals surface area contributed by atoms with Gasteiger partial charge in [0.1, 0.15) is 0 Å². The monoisotopic (exact) mass is 266 g/mol. The molecule has 1 N–H and O–H groups in total. The van der Waals surface area contributed by atoms with Crippen LogP contribution in [0.4, 0.5) is 5.69 Å². The molecular weight excluding hydrogens is 252 g/mol. The highest BCUT2D eigenvalue weighted by molar-refractivity contribution is 9.10. The van der Waals surface area contributed by atoms with Crippen molar-refractivity contribution in [1.82, 2.24) is 0 Å². The summed E-state index contributed by atoms with van der Waals surface area (Å²) >= 11 is 3.49. The maximum absolute atomic E-state index is 4.45. The van der Waals surface area contributed by atoms with Gasteiger partial charge in [-0.3, -0.25) is 5.43 Å². The molecule has 0 spiro atoms. The molecule has 80 valence electrons. The third-order valence-electron chi connectivity index (χ3n) is 2.64. The van der Waals surface area contributed by atoms with E-state index in [4.69, 9.17) is 0 Å². The summed E-state index contributed by atoms with van der Waals surface area (Å²) in [5.74, 6) is 0. The number of nitrogens with zero attached hydrogens (tertiary/aromatic N) is 1. The molecule has 0 atom stereocenters. The zero-order valence-electron chi connectivity index (χ0n) is 8.67. The van der Waals surface area contributed by atoms with E-state index in [0.717, 1.165) is 23.0 Å². The van der Waals surface area contributed by atoms with Gasteiger partial charge in [-0.05, 0) is 53.7 Å². The lowest BCUT2D eigenvalue weighted by molar-refractivity contribution is 0.665. The molecule has 0 bridgehead atoms. The minimum atomic E-state index is 1.04. The molecule has 1 aliphatic rings. The van der Waals surface area contributed by atoms with Crippen molar-refractivity contribution >= 4 is 27.3 Å². The van der Waals surface area contributed by atoms with Crippen LogP contribution in [0.15, 0.2) is 33.8 Å². The van der Waals surface area contributed by atoms with Gasteiger partial charge in [0.15, 0.2) is 0 Å². The number of hydrogen-bond acceptors (Lipinski definition) is 2. The Labute approximate surface area is 98.9 Å². The maximum Gasteiger partial charge on any atom is 0.0703 e. The van der Waals surface area contributed by atoms with Crippen LogP contribution in [0, 0.1) is 0 Å². The average Bonchev–Trinajstić information content (AvgIpc) is 2.29. The first-order chi connectivity index (χ1) is 7.36. The largest absolute Gasteiger partial charge is 0.277 e. The van der Waals surface area contributed by atoms with Gasteiger partial charge in [-0.1, -0.05) is 18.6 Å². The highest BCUT2D eigenvalue weighted by Crippen LogP contribution is 2.22. The molecule has 1 aromatic rings. The van der Waals surface area contributed by atoms with Crippen LogP contribution in [0.2, 0.25) is 0 Å². The SMILES string of the molecule is Brc1ccccc1NN=C1CCCCC1. The molecule has 3 heteroatoms. The van der Waals surface area contributed by atoms with Crippen LogP contribution < -0.4 is 5.43 Å². The van der Waals surface area contributed by atoms with Crippen LogP contribution in [0.1, 0.15) is 32.1 Å². The summed E-state index contributed by atoms with van der Waals surface area (Å²) in [6.45, 7) is 0. The molecule has 0 aliphatic heterocycles. The molecule has 0 heterocycles. The predicted octanol–water partition coefficient (Wildman–Crippen LogP) is 4.18. The summed E-state index contributed by atoms with van der Waals surface area (Å²) in [4.78, 5) is 0. The van der Waals surface area contributed by atoms with Crippen molar-refractivity contribution in [2.45, 2.75) is 32.1 Å². The van der Waals surface area contributed by atoms with E-state index >= 15 is 0 Å². The standard InChI is InChI=1S/C12H15BrN2/c13-11-8-4-5-9-12(11)15-14-10-6-2-1-3-7-10/h4-5,8-9,15H,1-3,6-7H2. The Bertz CT molecular complexity index is 352. The van der Waals surface area contributed by atoms with Gasteiger partial charge in [0.25, 0.3) is 0 Å². The third kappa shape index (κ3) is 3.06. The normalized spacial score (nSPS) is 16.2. The van der Waals surface area contributed by atoms with E-state index in [-0.39, 0.29) is 0 Å². The van der Waals surface area contributed by atoms with E-state index in [0.29, 0.717) is 0 Å². The van der Waals surface area contributed by atoms with Crippen LogP contribution in [0.25, 0.3) is 0 Å². The minimum Gasteiger partial charge on any atom is -0.277 e. The molecule has 1 saturated carbocycles. The molecule has 0 aromatic heterocycles. The quantitative estimate of drug-likeness (QED) is 0.798. The number of benzene rings is 1. The topological polar surface area (TPSA) is 24.4 Å². The number of halogens is 1. The number of hydrazone groups is 1. The van der Waals surface area contributed by atoms with Crippen molar-refractivity contribution in [1.29, 1.82) is 0 Å². The van der Waals surface area contributed by atoms with E-state index in [1.807, 2.05) is 24.3 Å². The molecule has 2 rings (SSSR count). The van der Waals surface area contributed by atoms with Crippen molar-refractivity contribution in [2.24, 2.45) is 5.10 Å². The summed E-state index contributed by atoms with van der Waals surface area (Å²) in [6.07, 6.45) is 6.23. The van der Waals surface area contributed by atoms with Crippen LogP contribution >= 0.6 is 15.9 Å². The smallest absolute Gasteiger partial charge is 0.0703 e. The first-order valence-electron chi connectivity index (χ1n) is 5.42. The zero-order chi connectivity index (χ0) is 10.5. The first-order valence-corrected chi connectivity index (χ1v) is 6.21. The molecule has 2 nitrogen and oxygen atoms in total. The van der Waals surface area contributed by atoms with Crippen LogP contribution in [-0.2, 0) is 0 Å². The second-order valence-corrected chi connectivity index (χ2v) is 4.68. The van der Waals surface area contributed by atoms with Gasteiger partial charge in [-0.25, -0.2) is 0 Å². The fraction of sp³-hybridized carbons (Fsp3) is 0.417. The molecular formula is C12H15BrN2. The lowest BCUT2D eigenvalue weighted by atomic mass is 9.99. The molecule has 1 aliphatic carbocycles. The summed E-state index contributed by atoms with van der Waals surface area (Å²) in [5, 5.41) is 4.45. The molecule has 1 aromatic carbocycles. The van der Waals surface area contributed by atoms with E-state index in [9.17, 15) is 0 Å². The Morgan fingerprint density at radius 1 is 1.07 bits per heavy atom. The molecule has 15 heavy (non-hydrogen) atoms. The Hall–Kier alpha value is -0.830. The van der Waals surface area contributed by atoms with Crippen LogP contribution in [0.5, 0.6) is 0 Å². The Kier molecular flexibility index (Phi) is 3.78. The van der Waals surface area contributed by atoms with Gasteiger partial charge in [-0.2, -0.15) is 5.10 Å². The predicted molar refractivity (Wildman–Crippen MR) is 68.3 cm³/mol. The second-order valence-electron chi connectivity index (χ2n) is 3.83. The Morgan fingerprint density at radius 3 is 2.53 bits per heavy atom. The van der Waals surface area contributed by atoms with E-state index in [1.165, 1.54) is 25.0 Å². The van der Waals surface area contributed by atoms with E-state index < -0.39 is 0 Å². The molecule has 0 saturated heterocycles. The van der Waals surface area contributed by atoms with Gasteiger partial charge in [0.05, 0.1) is 5.69 Å². The van der Waals surface area contributed by atoms with Crippen molar-refractivity contribution in [3.8, 4) is 0 Å². The molecule has 0 amide bonds. The highest BCUT2D eigenvalue weighted by atomic mass is 79.9. The zero-order valence-corrected chi connectivity index (χ0v) is 10.3. The number of rotatable bonds is 2. The lowest BCUT2D eigenvalue weighted by Crippen LogP contribution is -2.07. The van der Waals surface area contributed by atoms with Crippen molar-refractivity contribution in [3.05, 3.63) is 28.7 Å². The number of nitrogens with one attached hydrogen (secondary N) is 1. The van der Waals surface area contributed by atoms with Crippen LogP contribution in [-0.4, -0.2) is 5.71 Å². The number of hydrogen-bond donors (Lipinski definition) is 1. The van der Waals surface area contributed by atoms with Gasteiger partial charge in [0.2, 0.25) is 0 Å². The maximum atomic E-state index is 4.45. The lowest BCUT2D eigenvalue weighted by Gasteiger charge is -2.12. The van der Waals surface area contributed by atoms with Crippen molar-refractivity contribution in [2.75, 3.05) is 5.43 Å². The minimum absolute atomic E-state index is 1.04. The number of para-hydroxylation sites is 1. The third-order valence-corrected chi connectivity index (χ3v) is 3.33. The Balaban J connectivity index is 2.00. The van der Waals surface area contributed by atoms with Gasteiger partial charge >= 0.3 is 0 Å². The molecule has 0 unspecified atom stereocenters. The van der Waals surface area contributed by atoms with Gasteiger partial charge in [0, 0.05) is 10.2 Å². The van der Waals surface area contributed by atoms with Crippen LogP contribution in [0.3, 0.4) is 0 Å². The van der Waals surface area contributed by atoms with E-state index in [1.54, 1.807) is 0 Å². The number of anilines is 1. The fourth-order valence-electron chi connectivity index (χ4n) is 1.76. The summed E-state index contributed by atoms with van der Waals surface area (Å²) in [7, 11) is 0. The summed E-state index contributed by atoms with van der Waals surface area (Å²) in [5.41, 5.74) is 5.46. The molecule has 0 radical (unpaired) electrons. The molecule has 1 fully saturated rings. The van der Waals surface area contributed by atoms with Crippen molar-refractivity contribution < 1.29 is 0 Å². The summed E-state index contributed by atoms with van der Waals surface area (Å²) in [6, 6.07) is 8.05. The Morgan fingerprint density at radius 2 is 1.80 bits per heavy atom. The van der Waals surface area contributed by atoms with Gasteiger partial charge in [-0.15, -0.1) is 0 Å².